The van der Waals surface area contributed by atoms with E-state index in [0.29, 0.717) is 0 Å². The first-order valence-corrected chi connectivity index (χ1v) is 17.9. The number of hydrogen-bond acceptors (Lipinski definition) is 2. The molecule has 0 aliphatic heterocycles. The van der Waals surface area contributed by atoms with Crippen molar-refractivity contribution >= 4 is 92.8 Å². The van der Waals surface area contributed by atoms with Gasteiger partial charge in [-0.05, 0) is 43.0 Å². The van der Waals surface area contributed by atoms with E-state index >= 15 is 0 Å². The highest BCUT2D eigenvalue weighted by Crippen LogP contribution is 2.35. The third kappa shape index (κ3) is 3.60. The second-order valence-corrected chi connectivity index (χ2v) is 16.3. The van der Waals surface area contributed by atoms with Gasteiger partial charge in [0.15, 0.2) is 8.07 Å². The number of fused-ring (bicyclic) bond motifs is 9. The molecule has 1 nitrogen and oxygen atoms in total. The highest BCUT2D eigenvalue weighted by atomic mass is 32.1. The highest BCUT2D eigenvalue weighted by Gasteiger charge is 2.43. The first kappa shape index (κ1) is 25.4. The smallest absolute Gasteiger partial charge is 0.182 e. The minimum atomic E-state index is -2.85. The second-order valence-electron chi connectivity index (χ2n) is 11.5. The fraction of sp³-hybridized carbons (Fsp3) is 0. The molecule has 0 saturated carbocycles. The topological polar surface area (TPSA) is 12.9 Å². The van der Waals surface area contributed by atoms with Gasteiger partial charge in [-0.1, -0.05) is 152 Å². The maximum atomic E-state index is 5.36. The van der Waals surface area contributed by atoms with Crippen molar-refractivity contribution in [2.75, 3.05) is 0 Å². The third-order valence-corrected chi connectivity index (χ3v) is 15.4. The molecule has 44 heavy (non-hydrogen) atoms. The Balaban J connectivity index is 1.49. The summed E-state index contributed by atoms with van der Waals surface area (Å²) in [6.45, 7) is 0. The minimum absolute atomic E-state index is 1.06. The largest absolute Gasteiger partial charge is 0.256 e. The lowest BCUT2D eigenvalue weighted by atomic mass is 9.97. The van der Waals surface area contributed by atoms with Crippen LogP contribution in [0.25, 0.3) is 52.6 Å². The van der Waals surface area contributed by atoms with Gasteiger partial charge in [-0.15, -0.1) is 11.3 Å². The second kappa shape index (κ2) is 9.99. The maximum absolute atomic E-state index is 5.36. The summed E-state index contributed by atoms with van der Waals surface area (Å²) < 4.78 is 2.70. The van der Waals surface area contributed by atoms with E-state index < -0.39 is 8.07 Å². The summed E-state index contributed by atoms with van der Waals surface area (Å²) in [5.74, 6) is 0. The normalized spacial score (nSPS) is 12.1. The van der Waals surface area contributed by atoms with Crippen LogP contribution in [0.2, 0.25) is 0 Å². The van der Waals surface area contributed by atoms with Gasteiger partial charge in [0.05, 0.1) is 5.52 Å². The van der Waals surface area contributed by atoms with Crippen LogP contribution in [0.5, 0.6) is 0 Å². The monoisotopic (exact) mass is 593 g/mol. The molecule has 0 fully saturated rings. The van der Waals surface area contributed by atoms with Crippen LogP contribution in [0.15, 0.2) is 164 Å². The van der Waals surface area contributed by atoms with Crippen LogP contribution in [0.4, 0.5) is 0 Å². The van der Waals surface area contributed by atoms with E-state index in [1.165, 1.54) is 67.9 Å². The molecule has 3 heteroatoms. The maximum Gasteiger partial charge on any atom is 0.182 e. The molecule has 0 amide bonds. The Bertz CT molecular complexity index is 2420. The van der Waals surface area contributed by atoms with Crippen LogP contribution in [0.1, 0.15) is 0 Å². The summed E-state index contributed by atoms with van der Waals surface area (Å²) in [6.07, 6.45) is 2.20. The van der Waals surface area contributed by atoms with E-state index in [1.54, 1.807) is 0 Å². The molecule has 0 N–H and O–H groups in total. The zero-order valence-electron chi connectivity index (χ0n) is 23.9. The average Bonchev–Trinajstić information content (AvgIpc) is 3.49. The molecule has 0 atom stereocenters. The van der Waals surface area contributed by atoms with E-state index in [9.17, 15) is 0 Å². The van der Waals surface area contributed by atoms with Crippen molar-refractivity contribution in [2.45, 2.75) is 0 Å². The van der Waals surface area contributed by atoms with Crippen LogP contribution in [-0.2, 0) is 0 Å². The molecule has 0 saturated heterocycles. The Morgan fingerprint density at radius 1 is 0.409 bits per heavy atom. The standard InChI is InChI=1S/C41H27NSSi/c1-3-14-28(15-4-1)44(29-16-5-2-6-17-29,39-25-13-23-36-34-21-11-12-24-38(34)43-41(36)39)30-26-37-33-20-8-7-18-31(33)32-19-9-10-22-35(32)40(37)42-27-30/h1-27H. The van der Waals surface area contributed by atoms with Crippen LogP contribution in [-0.4, -0.2) is 13.1 Å². The van der Waals surface area contributed by atoms with Gasteiger partial charge in [-0.25, -0.2) is 0 Å². The van der Waals surface area contributed by atoms with E-state index in [1.807, 2.05) is 11.3 Å². The molecule has 0 aliphatic carbocycles. The fourth-order valence-corrected chi connectivity index (χ4v) is 13.8. The van der Waals surface area contributed by atoms with Gasteiger partial charge in [-0.2, -0.15) is 0 Å². The number of nitrogens with zero attached hydrogens (tertiary/aromatic N) is 1. The fourth-order valence-electron chi connectivity index (χ4n) is 7.35. The Morgan fingerprint density at radius 2 is 0.932 bits per heavy atom. The molecule has 0 unspecified atom stereocenters. The van der Waals surface area contributed by atoms with Crippen molar-refractivity contribution in [3.8, 4) is 0 Å². The molecule has 2 heterocycles. The number of aromatic nitrogens is 1. The van der Waals surface area contributed by atoms with Crippen molar-refractivity contribution in [3.05, 3.63) is 164 Å². The number of benzene rings is 7. The van der Waals surface area contributed by atoms with Crippen molar-refractivity contribution in [3.63, 3.8) is 0 Å². The number of hydrogen-bond donors (Lipinski definition) is 0. The van der Waals surface area contributed by atoms with E-state index in [2.05, 4.69) is 164 Å². The Labute approximate surface area is 260 Å². The molecule has 0 aliphatic rings. The predicted octanol–water partition coefficient (Wildman–Crippen LogP) is 8.29. The van der Waals surface area contributed by atoms with Crippen LogP contribution in [0, 0.1) is 0 Å². The molecule has 7 aromatic carbocycles. The van der Waals surface area contributed by atoms with Crippen molar-refractivity contribution in [1.82, 2.24) is 4.98 Å². The van der Waals surface area contributed by atoms with Gasteiger partial charge in [0.2, 0.25) is 0 Å². The molecule has 9 rings (SSSR count). The van der Waals surface area contributed by atoms with Crippen LogP contribution in [0.3, 0.4) is 0 Å². The first-order chi connectivity index (χ1) is 21.8. The van der Waals surface area contributed by atoms with Gasteiger partial charge in [0.25, 0.3) is 0 Å². The third-order valence-electron chi connectivity index (χ3n) is 9.23. The van der Waals surface area contributed by atoms with Crippen LogP contribution < -0.4 is 20.7 Å². The Hall–Kier alpha value is -5.09. The quantitative estimate of drug-likeness (QED) is 0.114. The lowest BCUT2D eigenvalue weighted by Gasteiger charge is -2.34. The van der Waals surface area contributed by atoms with Crippen LogP contribution >= 0.6 is 11.3 Å². The summed E-state index contributed by atoms with van der Waals surface area (Å²) in [7, 11) is -2.85. The van der Waals surface area contributed by atoms with Crippen molar-refractivity contribution < 1.29 is 0 Å². The summed E-state index contributed by atoms with van der Waals surface area (Å²) in [4.78, 5) is 5.36. The van der Waals surface area contributed by atoms with Gasteiger partial charge in [-0.3, -0.25) is 4.98 Å². The predicted molar refractivity (Wildman–Crippen MR) is 193 cm³/mol. The van der Waals surface area contributed by atoms with Crippen molar-refractivity contribution in [1.29, 1.82) is 0 Å². The van der Waals surface area contributed by atoms with Gasteiger partial charge in [0, 0.05) is 37.1 Å². The minimum Gasteiger partial charge on any atom is -0.256 e. The lowest BCUT2D eigenvalue weighted by Crippen LogP contribution is -2.74. The summed E-state index contributed by atoms with van der Waals surface area (Å²) in [5.41, 5.74) is 1.06. The number of thiophene rings is 1. The van der Waals surface area contributed by atoms with Gasteiger partial charge in [0.1, 0.15) is 0 Å². The summed E-state index contributed by atoms with van der Waals surface area (Å²) in [6, 6.07) is 58.2. The molecule has 0 radical (unpaired) electrons. The summed E-state index contributed by atoms with van der Waals surface area (Å²) >= 11 is 1.92. The van der Waals surface area contributed by atoms with Gasteiger partial charge < -0.3 is 0 Å². The zero-order valence-corrected chi connectivity index (χ0v) is 25.8. The average molecular weight is 594 g/mol. The van der Waals surface area contributed by atoms with E-state index in [-0.39, 0.29) is 0 Å². The van der Waals surface area contributed by atoms with E-state index in [0.717, 1.165) is 5.52 Å². The molecule has 206 valence electrons. The SMILES string of the molecule is c1ccc([Si](c2ccccc2)(c2cnc3c4ccccc4c4ccccc4c3c2)c2cccc3c2sc2ccccc23)cc1. The molecule has 2 aromatic heterocycles. The summed E-state index contributed by atoms with van der Waals surface area (Å²) in [5, 5.41) is 14.3. The number of rotatable bonds is 4. The Kier molecular flexibility index (Phi) is 5.77. The molecule has 9 aromatic rings. The molecule has 0 bridgehead atoms. The number of pyridine rings is 1. The Morgan fingerprint density at radius 3 is 1.61 bits per heavy atom. The molecular weight excluding hydrogens is 567 g/mol. The first-order valence-electron chi connectivity index (χ1n) is 15.1. The van der Waals surface area contributed by atoms with E-state index in [4.69, 9.17) is 4.98 Å². The zero-order chi connectivity index (χ0) is 29.1. The van der Waals surface area contributed by atoms with Crippen molar-refractivity contribution in [2.24, 2.45) is 0 Å². The van der Waals surface area contributed by atoms with Gasteiger partial charge >= 0.3 is 0 Å². The lowest BCUT2D eigenvalue weighted by molar-refractivity contribution is 1.45. The molecule has 0 spiro atoms. The molecular formula is C41H27NSSi. The highest BCUT2D eigenvalue weighted by molar-refractivity contribution is 7.30.